The number of benzene rings is 2. The van der Waals surface area contributed by atoms with Crippen molar-refractivity contribution in [1.82, 2.24) is 4.98 Å². The molecule has 1 aromatic heterocycles. The fourth-order valence-corrected chi connectivity index (χ4v) is 3.98. The molecule has 0 fully saturated rings. The van der Waals surface area contributed by atoms with Gasteiger partial charge in [-0.05, 0) is 55.8 Å². The number of carboxylic acid groups (broad SMARTS) is 1. The van der Waals surface area contributed by atoms with E-state index >= 15 is 0 Å². The van der Waals surface area contributed by atoms with E-state index < -0.39 is 17.7 Å². The van der Waals surface area contributed by atoms with E-state index in [0.29, 0.717) is 22.6 Å². The Morgan fingerprint density at radius 1 is 1.16 bits per heavy atom. The number of carboxylic acids is 1. The third kappa shape index (κ3) is 6.62. The smallest absolute Gasteiger partial charge is 0.416 e. The topological polar surface area (TPSA) is 63.3 Å². The molecule has 0 radical (unpaired) electrons. The monoisotopic (exact) mass is 451 g/mol. The van der Waals surface area contributed by atoms with E-state index in [0.717, 1.165) is 17.0 Å². The first-order valence-corrected chi connectivity index (χ1v) is 10.6. The van der Waals surface area contributed by atoms with E-state index in [2.05, 4.69) is 4.98 Å². The molecule has 0 bridgehead atoms. The number of hydrogen-bond acceptors (Lipinski definition) is 4. The van der Waals surface area contributed by atoms with Crippen molar-refractivity contribution in [1.29, 1.82) is 0 Å². The highest BCUT2D eigenvalue weighted by Gasteiger charge is 2.30. The highest BCUT2D eigenvalue weighted by molar-refractivity contribution is 7.99. The molecule has 0 aliphatic rings. The molecular formula is C23H24F3NO3S. The number of aromatic nitrogens is 1. The molecule has 3 rings (SSSR count). The summed E-state index contributed by atoms with van der Waals surface area (Å²) in [6.45, 7) is 7.71. The minimum absolute atomic E-state index is 0.0534. The quantitative estimate of drug-likeness (QED) is 0.402. The molecular weight excluding hydrogens is 427 g/mol. The third-order valence-corrected chi connectivity index (χ3v) is 5.32. The molecule has 1 heterocycles. The number of aryl methyl sites for hydroxylation is 1. The van der Waals surface area contributed by atoms with Crippen LogP contribution in [-0.2, 0) is 17.4 Å². The van der Waals surface area contributed by atoms with E-state index in [1.165, 1.54) is 23.9 Å². The van der Waals surface area contributed by atoms with Gasteiger partial charge in [0, 0.05) is 10.5 Å². The van der Waals surface area contributed by atoms with Gasteiger partial charge in [-0.2, -0.15) is 13.2 Å². The molecule has 4 nitrogen and oxygen atoms in total. The number of aliphatic carboxylic acids is 1. The van der Waals surface area contributed by atoms with Crippen molar-refractivity contribution in [3.8, 4) is 11.5 Å². The Morgan fingerprint density at radius 2 is 1.81 bits per heavy atom. The summed E-state index contributed by atoms with van der Waals surface area (Å²) < 4.78 is 44.0. The van der Waals surface area contributed by atoms with Gasteiger partial charge in [0.05, 0.1) is 22.9 Å². The van der Waals surface area contributed by atoms with Gasteiger partial charge in [0.15, 0.2) is 0 Å². The second kappa shape index (κ2) is 10.5. The van der Waals surface area contributed by atoms with Crippen LogP contribution in [0.1, 0.15) is 48.6 Å². The Labute approximate surface area is 183 Å². The van der Waals surface area contributed by atoms with Gasteiger partial charge in [-0.3, -0.25) is 4.79 Å². The van der Waals surface area contributed by atoms with Gasteiger partial charge in [0.2, 0.25) is 5.89 Å². The van der Waals surface area contributed by atoms with Crippen molar-refractivity contribution in [3.63, 3.8) is 0 Å². The molecule has 0 aliphatic heterocycles. The van der Waals surface area contributed by atoms with Crippen LogP contribution >= 0.6 is 11.8 Å². The second-order valence-corrected chi connectivity index (χ2v) is 7.94. The highest BCUT2D eigenvalue weighted by atomic mass is 32.2. The zero-order valence-electron chi connectivity index (χ0n) is 17.7. The van der Waals surface area contributed by atoms with Gasteiger partial charge in [-0.1, -0.05) is 26.0 Å². The number of carbonyl (C=O) groups is 1. The number of alkyl halides is 3. The van der Waals surface area contributed by atoms with Gasteiger partial charge in [0.1, 0.15) is 5.76 Å². The van der Waals surface area contributed by atoms with E-state index in [9.17, 15) is 18.0 Å². The van der Waals surface area contributed by atoms with E-state index in [4.69, 9.17) is 9.52 Å². The van der Waals surface area contributed by atoms with Crippen molar-refractivity contribution in [2.75, 3.05) is 0 Å². The largest absolute Gasteiger partial charge is 0.481 e. The maximum Gasteiger partial charge on any atom is 0.416 e. The number of oxazole rings is 1. The first-order chi connectivity index (χ1) is 14.6. The zero-order chi connectivity index (χ0) is 23.2. The van der Waals surface area contributed by atoms with Gasteiger partial charge in [-0.25, -0.2) is 4.98 Å². The fourth-order valence-electron chi connectivity index (χ4n) is 2.87. The number of rotatable bonds is 6. The lowest BCUT2D eigenvalue weighted by atomic mass is 10.1. The average molecular weight is 452 g/mol. The lowest BCUT2D eigenvalue weighted by molar-refractivity contribution is -0.138. The SMILES string of the molecule is CC.Cc1nc(-c2ccc(C(F)(F)F)cc2)oc1C(C)Sc1cccc(CC(=O)O)c1. The molecule has 1 atom stereocenters. The molecule has 0 saturated carbocycles. The van der Waals surface area contributed by atoms with Gasteiger partial charge >= 0.3 is 12.1 Å². The maximum absolute atomic E-state index is 12.7. The van der Waals surface area contributed by atoms with Crippen molar-refractivity contribution >= 4 is 17.7 Å². The Morgan fingerprint density at radius 3 is 2.39 bits per heavy atom. The average Bonchev–Trinajstić information content (AvgIpc) is 3.10. The number of nitrogens with zero attached hydrogens (tertiary/aromatic N) is 1. The van der Waals surface area contributed by atoms with E-state index in [1.807, 2.05) is 32.9 Å². The van der Waals surface area contributed by atoms with Gasteiger partial charge < -0.3 is 9.52 Å². The van der Waals surface area contributed by atoms with Crippen molar-refractivity contribution in [2.45, 2.75) is 50.4 Å². The highest BCUT2D eigenvalue weighted by Crippen LogP contribution is 2.38. The Hall–Kier alpha value is -2.74. The number of thioether (sulfide) groups is 1. The predicted molar refractivity (Wildman–Crippen MR) is 115 cm³/mol. The molecule has 3 aromatic rings. The molecule has 8 heteroatoms. The van der Waals surface area contributed by atoms with E-state index in [-0.39, 0.29) is 17.6 Å². The normalized spacial score (nSPS) is 12.1. The third-order valence-electron chi connectivity index (χ3n) is 4.23. The van der Waals surface area contributed by atoms with Crippen molar-refractivity contribution < 1.29 is 27.5 Å². The summed E-state index contributed by atoms with van der Waals surface area (Å²) >= 11 is 1.49. The van der Waals surface area contributed by atoms with Crippen LogP contribution < -0.4 is 0 Å². The molecule has 0 aliphatic carbocycles. The second-order valence-electron chi connectivity index (χ2n) is 6.52. The Balaban J connectivity index is 0.00000166. The van der Waals surface area contributed by atoms with Crippen LogP contribution in [0.3, 0.4) is 0 Å². The zero-order valence-corrected chi connectivity index (χ0v) is 18.5. The molecule has 166 valence electrons. The summed E-state index contributed by atoms with van der Waals surface area (Å²) in [4.78, 5) is 16.1. The van der Waals surface area contributed by atoms with E-state index in [1.54, 1.807) is 19.1 Å². The van der Waals surface area contributed by atoms with Crippen LogP contribution in [0.5, 0.6) is 0 Å². The van der Waals surface area contributed by atoms with Crippen LogP contribution in [0, 0.1) is 6.92 Å². The standard InChI is InChI=1S/C21H18F3NO3S.C2H6/c1-12-19(13(2)29-17-5-3-4-14(10-17)11-18(26)27)28-20(25-12)15-6-8-16(9-7-15)21(22,23)24;1-2/h3-10,13H,11H2,1-2H3,(H,26,27);1-2H3. The molecule has 31 heavy (non-hydrogen) atoms. The molecule has 0 amide bonds. The minimum atomic E-state index is -4.39. The van der Waals surface area contributed by atoms with Crippen LogP contribution in [0.25, 0.3) is 11.5 Å². The van der Waals surface area contributed by atoms with Gasteiger partial charge in [0.25, 0.3) is 0 Å². The van der Waals surface area contributed by atoms with Crippen LogP contribution in [0.2, 0.25) is 0 Å². The van der Waals surface area contributed by atoms with Crippen molar-refractivity contribution in [2.24, 2.45) is 0 Å². The van der Waals surface area contributed by atoms with Gasteiger partial charge in [-0.15, -0.1) is 11.8 Å². The number of hydrogen-bond donors (Lipinski definition) is 1. The molecule has 1 unspecified atom stereocenters. The Bertz CT molecular complexity index is 1010. The minimum Gasteiger partial charge on any atom is -0.481 e. The summed E-state index contributed by atoms with van der Waals surface area (Å²) in [5, 5.41) is 8.81. The van der Waals surface area contributed by atoms with Crippen LogP contribution in [0.4, 0.5) is 13.2 Å². The predicted octanol–water partition coefficient (Wildman–Crippen LogP) is 7.18. The first-order valence-electron chi connectivity index (χ1n) is 9.76. The molecule has 1 N–H and O–H groups in total. The molecule has 0 spiro atoms. The fraction of sp³-hybridized carbons (Fsp3) is 0.304. The first kappa shape index (κ1) is 24.5. The van der Waals surface area contributed by atoms with Crippen molar-refractivity contribution in [3.05, 3.63) is 71.1 Å². The van der Waals surface area contributed by atoms with Crippen LogP contribution in [0.15, 0.2) is 57.8 Å². The Kier molecular flexibility index (Phi) is 8.33. The summed E-state index contributed by atoms with van der Waals surface area (Å²) in [7, 11) is 0. The molecule has 0 saturated heterocycles. The lowest BCUT2D eigenvalue weighted by Crippen LogP contribution is -2.03. The summed E-state index contributed by atoms with van der Waals surface area (Å²) in [5.41, 5.74) is 1.10. The maximum atomic E-state index is 12.7. The number of halogens is 3. The molecule has 2 aromatic carbocycles. The summed E-state index contributed by atoms with van der Waals surface area (Å²) in [6.07, 6.45) is -4.45. The lowest BCUT2D eigenvalue weighted by Gasteiger charge is -2.10. The summed E-state index contributed by atoms with van der Waals surface area (Å²) in [6, 6.07) is 11.9. The van der Waals surface area contributed by atoms with Crippen LogP contribution in [-0.4, -0.2) is 16.1 Å². The summed E-state index contributed by atoms with van der Waals surface area (Å²) in [5.74, 6) is -0.0145.